The molecule has 0 aromatic rings. The van der Waals surface area contributed by atoms with Gasteiger partial charge in [-0.15, -0.1) is 0 Å². The van der Waals surface area contributed by atoms with Gasteiger partial charge in [0.2, 0.25) is 0 Å². The summed E-state index contributed by atoms with van der Waals surface area (Å²) in [6.07, 6.45) is 1.51. The Hall–Kier alpha value is -1.07. The molecule has 0 bridgehead atoms. The fourth-order valence-electron chi connectivity index (χ4n) is 2.25. The summed E-state index contributed by atoms with van der Waals surface area (Å²) in [5.74, 6) is -0.559. The normalized spacial score (nSPS) is 37.1. The predicted molar refractivity (Wildman–Crippen MR) is 50.0 cm³/mol. The number of hydrogen-bond acceptors (Lipinski definition) is 4. The third-order valence-corrected chi connectivity index (χ3v) is 2.85. The summed E-state index contributed by atoms with van der Waals surface area (Å²) in [7, 11) is 0. The molecule has 2 saturated heterocycles. The fourth-order valence-corrected chi connectivity index (χ4v) is 2.25. The molecular weight excluding hydrogens is 198 g/mol. The summed E-state index contributed by atoms with van der Waals surface area (Å²) in [5.41, 5.74) is 0.891. The Bertz CT molecular complexity index is 349. The summed E-state index contributed by atoms with van der Waals surface area (Å²) < 4.78 is 16.3. The lowest BCUT2D eigenvalue weighted by Gasteiger charge is -2.26. The first kappa shape index (κ1) is 9.18. The van der Waals surface area contributed by atoms with Crippen LogP contribution in [0.15, 0.2) is 11.8 Å². The molecule has 0 unspecified atom stereocenters. The molecule has 0 radical (unpaired) electrons. The van der Waals surface area contributed by atoms with E-state index in [1.165, 1.54) is 0 Å². The first-order valence-electron chi connectivity index (χ1n) is 5.06. The Morgan fingerprint density at radius 3 is 3.07 bits per heavy atom. The molecule has 5 nitrogen and oxygen atoms in total. The topological polar surface area (TPSA) is 48.0 Å². The van der Waals surface area contributed by atoms with E-state index in [9.17, 15) is 4.79 Å². The minimum absolute atomic E-state index is 0.0549. The van der Waals surface area contributed by atoms with Crippen molar-refractivity contribution in [2.45, 2.75) is 31.8 Å². The molecule has 0 aliphatic carbocycles. The first-order valence-corrected chi connectivity index (χ1v) is 5.06. The molecule has 0 saturated carbocycles. The third-order valence-electron chi connectivity index (χ3n) is 2.85. The van der Waals surface area contributed by atoms with Gasteiger partial charge < -0.3 is 14.2 Å². The van der Waals surface area contributed by atoms with Crippen molar-refractivity contribution >= 4 is 6.09 Å². The van der Waals surface area contributed by atoms with E-state index < -0.39 is 5.79 Å². The second-order valence-corrected chi connectivity index (χ2v) is 4.46. The van der Waals surface area contributed by atoms with Crippen molar-refractivity contribution in [3.05, 3.63) is 11.8 Å². The number of rotatable bonds is 0. The summed E-state index contributed by atoms with van der Waals surface area (Å²) in [6.45, 7) is 4.64. The van der Waals surface area contributed by atoms with Gasteiger partial charge in [0, 0.05) is 0 Å². The van der Waals surface area contributed by atoms with Crippen LogP contribution in [0.25, 0.3) is 0 Å². The second-order valence-electron chi connectivity index (χ2n) is 4.46. The van der Waals surface area contributed by atoms with E-state index >= 15 is 0 Å². The van der Waals surface area contributed by atoms with Crippen LogP contribution in [0.3, 0.4) is 0 Å². The molecule has 3 rings (SSSR count). The van der Waals surface area contributed by atoms with Gasteiger partial charge in [0.1, 0.15) is 18.8 Å². The average molecular weight is 211 g/mol. The molecule has 3 aliphatic heterocycles. The minimum Gasteiger partial charge on any atom is -0.443 e. The molecule has 3 aliphatic rings. The molecule has 15 heavy (non-hydrogen) atoms. The van der Waals surface area contributed by atoms with Crippen LogP contribution in [0.1, 0.15) is 13.8 Å². The Balaban J connectivity index is 1.88. The van der Waals surface area contributed by atoms with Crippen molar-refractivity contribution < 1.29 is 19.0 Å². The van der Waals surface area contributed by atoms with E-state index in [-0.39, 0.29) is 18.3 Å². The van der Waals surface area contributed by atoms with Crippen molar-refractivity contribution in [2.24, 2.45) is 0 Å². The van der Waals surface area contributed by atoms with Gasteiger partial charge in [-0.1, -0.05) is 0 Å². The highest BCUT2D eigenvalue weighted by atomic mass is 16.8. The number of ether oxygens (including phenoxy) is 3. The molecule has 1 amide bonds. The number of carbonyl (C=O) groups excluding carboxylic acids is 1. The molecule has 2 fully saturated rings. The van der Waals surface area contributed by atoms with E-state index in [4.69, 9.17) is 14.2 Å². The molecule has 0 aromatic carbocycles. The maximum absolute atomic E-state index is 11.3. The van der Waals surface area contributed by atoms with Gasteiger partial charge in [-0.3, -0.25) is 4.90 Å². The molecular formula is C10H13NO4. The SMILES string of the molecule is CC1(C)O[C@H]2C=C3COC(=O)N3C[C@H]2O1. The van der Waals surface area contributed by atoms with Crippen molar-refractivity contribution in [2.75, 3.05) is 13.2 Å². The maximum atomic E-state index is 11.3. The number of fused-ring (bicyclic) bond motifs is 2. The van der Waals surface area contributed by atoms with E-state index in [2.05, 4.69) is 0 Å². The molecule has 82 valence electrons. The summed E-state index contributed by atoms with van der Waals surface area (Å²) in [4.78, 5) is 12.9. The molecule has 0 N–H and O–H groups in total. The van der Waals surface area contributed by atoms with Crippen LogP contribution in [-0.2, 0) is 14.2 Å². The largest absolute Gasteiger partial charge is 0.443 e. The van der Waals surface area contributed by atoms with Crippen LogP contribution >= 0.6 is 0 Å². The van der Waals surface area contributed by atoms with Crippen LogP contribution in [0, 0.1) is 0 Å². The number of amides is 1. The molecule has 5 heteroatoms. The highest BCUT2D eigenvalue weighted by Crippen LogP contribution is 2.35. The third kappa shape index (κ3) is 1.34. The number of nitrogens with zero attached hydrogens (tertiary/aromatic N) is 1. The number of cyclic esters (lactones) is 1. The van der Waals surface area contributed by atoms with Crippen LogP contribution in [0.2, 0.25) is 0 Å². The standard InChI is InChI=1S/C10H13NO4/c1-10(2)14-7-3-6-5-13-9(12)11(6)4-8(7)15-10/h3,7-8H,4-5H2,1-2H3/t7-,8+/m0/s1. The smallest absolute Gasteiger partial charge is 0.414 e. The van der Waals surface area contributed by atoms with Gasteiger partial charge >= 0.3 is 6.09 Å². The van der Waals surface area contributed by atoms with Crippen molar-refractivity contribution in [3.8, 4) is 0 Å². The van der Waals surface area contributed by atoms with Gasteiger partial charge in [0.05, 0.1) is 12.2 Å². The predicted octanol–water partition coefficient (Wildman–Crippen LogP) is 0.856. The monoisotopic (exact) mass is 211 g/mol. The highest BCUT2D eigenvalue weighted by Gasteiger charge is 2.46. The fraction of sp³-hybridized carbons (Fsp3) is 0.700. The summed E-state index contributed by atoms with van der Waals surface area (Å²) >= 11 is 0. The maximum Gasteiger partial charge on any atom is 0.414 e. The van der Waals surface area contributed by atoms with Gasteiger partial charge in [0.15, 0.2) is 5.79 Å². The van der Waals surface area contributed by atoms with E-state index in [0.29, 0.717) is 13.2 Å². The van der Waals surface area contributed by atoms with Gasteiger partial charge in [-0.2, -0.15) is 0 Å². The Morgan fingerprint density at radius 1 is 1.47 bits per heavy atom. The Kier molecular flexibility index (Phi) is 1.67. The lowest BCUT2D eigenvalue weighted by atomic mass is 10.1. The average Bonchev–Trinajstić information content (AvgIpc) is 2.62. The van der Waals surface area contributed by atoms with Crippen molar-refractivity contribution in [1.29, 1.82) is 0 Å². The first-order chi connectivity index (χ1) is 7.05. The molecule has 0 aromatic heterocycles. The minimum atomic E-state index is -0.559. The van der Waals surface area contributed by atoms with Crippen LogP contribution < -0.4 is 0 Å². The zero-order valence-electron chi connectivity index (χ0n) is 8.73. The van der Waals surface area contributed by atoms with Crippen LogP contribution in [0.4, 0.5) is 4.79 Å². The van der Waals surface area contributed by atoms with Crippen LogP contribution in [0.5, 0.6) is 0 Å². The quantitative estimate of drug-likeness (QED) is 0.596. The van der Waals surface area contributed by atoms with Crippen molar-refractivity contribution in [1.82, 2.24) is 4.90 Å². The number of carbonyl (C=O) groups is 1. The van der Waals surface area contributed by atoms with Crippen LogP contribution in [-0.4, -0.2) is 42.1 Å². The molecule has 3 heterocycles. The number of hydrogen-bond donors (Lipinski definition) is 0. The lowest BCUT2D eigenvalue weighted by Crippen LogP contribution is -2.41. The van der Waals surface area contributed by atoms with Gasteiger partial charge in [-0.25, -0.2) is 4.79 Å². The second kappa shape index (κ2) is 2.74. The Labute approximate surface area is 87.6 Å². The lowest BCUT2D eigenvalue weighted by molar-refractivity contribution is -0.142. The van der Waals surface area contributed by atoms with Gasteiger partial charge in [0.25, 0.3) is 0 Å². The zero-order chi connectivity index (χ0) is 10.6. The highest BCUT2D eigenvalue weighted by molar-refractivity contribution is 5.73. The van der Waals surface area contributed by atoms with E-state index in [0.717, 1.165) is 5.70 Å². The molecule has 0 spiro atoms. The Morgan fingerprint density at radius 2 is 2.27 bits per heavy atom. The summed E-state index contributed by atoms with van der Waals surface area (Å²) in [5, 5.41) is 0. The zero-order valence-corrected chi connectivity index (χ0v) is 8.73. The molecule has 2 atom stereocenters. The van der Waals surface area contributed by atoms with E-state index in [1.807, 2.05) is 19.9 Å². The summed E-state index contributed by atoms with van der Waals surface area (Å²) in [6, 6.07) is 0. The van der Waals surface area contributed by atoms with Crippen molar-refractivity contribution in [3.63, 3.8) is 0 Å². The van der Waals surface area contributed by atoms with E-state index in [1.54, 1.807) is 4.90 Å². The van der Waals surface area contributed by atoms with Gasteiger partial charge in [-0.05, 0) is 19.9 Å².